The predicted octanol–water partition coefficient (Wildman–Crippen LogP) is 5.91. The molecule has 0 aliphatic heterocycles. The van der Waals surface area contributed by atoms with E-state index in [4.69, 9.17) is 4.74 Å². The Balaban J connectivity index is 1.81. The number of aryl methyl sites for hydroxylation is 2. The van der Waals surface area contributed by atoms with Crippen LogP contribution in [0.3, 0.4) is 0 Å². The number of benzene rings is 2. The van der Waals surface area contributed by atoms with E-state index in [2.05, 4.69) is 33.1 Å². The topological polar surface area (TPSA) is 76.2 Å². The average molecular weight is 444 g/mol. The van der Waals surface area contributed by atoms with Gasteiger partial charge in [0, 0.05) is 16.4 Å². The molecule has 7 heteroatoms. The molecule has 3 rings (SSSR count). The number of carbonyl (C=O) groups is 1. The third kappa shape index (κ3) is 4.59. The van der Waals surface area contributed by atoms with Crippen molar-refractivity contribution in [1.82, 2.24) is 4.57 Å². The van der Waals surface area contributed by atoms with Crippen LogP contribution in [0.4, 0.5) is 5.69 Å². The normalized spacial score (nSPS) is 11.4. The van der Waals surface area contributed by atoms with E-state index in [9.17, 15) is 9.90 Å². The zero-order chi connectivity index (χ0) is 20.1. The van der Waals surface area contributed by atoms with Gasteiger partial charge in [0.2, 0.25) is 5.88 Å². The van der Waals surface area contributed by atoms with Gasteiger partial charge in [0.15, 0.2) is 12.3 Å². The summed E-state index contributed by atoms with van der Waals surface area (Å²) < 4.78 is 8.11. The summed E-state index contributed by atoms with van der Waals surface area (Å²) in [5.41, 5.74) is 2.19. The number of carbonyl (C=O) groups excluding carboxylic acids is 1. The number of rotatable bonds is 7. The molecule has 1 aromatic heterocycles. The Labute approximate surface area is 172 Å². The van der Waals surface area contributed by atoms with E-state index >= 15 is 0 Å². The molecule has 6 nitrogen and oxygen atoms in total. The maximum atomic E-state index is 12.1. The number of hydrogen-bond acceptors (Lipinski definition) is 4. The van der Waals surface area contributed by atoms with Gasteiger partial charge in [-0.2, -0.15) is 0 Å². The first-order valence-electron chi connectivity index (χ1n) is 9.14. The first-order valence-corrected chi connectivity index (χ1v) is 9.93. The summed E-state index contributed by atoms with van der Waals surface area (Å²) in [6.45, 7) is 4.49. The lowest BCUT2D eigenvalue weighted by Crippen LogP contribution is -2.07. The zero-order valence-electron chi connectivity index (χ0n) is 15.9. The van der Waals surface area contributed by atoms with Gasteiger partial charge in [0.1, 0.15) is 5.75 Å². The van der Waals surface area contributed by atoms with Gasteiger partial charge >= 0.3 is 5.91 Å². The summed E-state index contributed by atoms with van der Waals surface area (Å²) in [6.07, 6.45) is 1.93. The Morgan fingerprint density at radius 3 is 2.82 bits per heavy atom. The largest absolute Gasteiger partial charge is 0.493 e. The lowest BCUT2D eigenvalue weighted by Gasteiger charge is -2.05. The lowest BCUT2D eigenvalue weighted by atomic mass is 10.2. The fraction of sp³-hybridized carbons (Fsp3) is 0.286. The van der Waals surface area contributed by atoms with Crippen molar-refractivity contribution in [2.24, 2.45) is 10.2 Å². The van der Waals surface area contributed by atoms with Gasteiger partial charge in [-0.25, -0.2) is 0 Å². The monoisotopic (exact) mass is 443 g/mol. The molecule has 28 heavy (non-hydrogen) atoms. The molecule has 0 spiro atoms. The Morgan fingerprint density at radius 2 is 2.07 bits per heavy atom. The second-order valence-corrected chi connectivity index (χ2v) is 7.45. The molecule has 0 radical (unpaired) electrons. The highest BCUT2D eigenvalue weighted by atomic mass is 79.9. The Bertz CT molecular complexity index is 1030. The summed E-state index contributed by atoms with van der Waals surface area (Å²) >= 11 is 3.44. The second kappa shape index (κ2) is 9.01. The molecule has 0 aliphatic carbocycles. The Kier molecular flexibility index (Phi) is 6.46. The molecule has 1 amide bonds. The van der Waals surface area contributed by atoms with Crippen LogP contribution in [0.25, 0.3) is 10.9 Å². The van der Waals surface area contributed by atoms with Gasteiger partial charge in [-0.3, -0.25) is 4.79 Å². The number of hydrogen-bond donors (Lipinski definition) is 1. The number of azo groups is 1. The maximum absolute atomic E-state index is 12.1. The maximum Gasteiger partial charge on any atom is 0.302 e. The van der Waals surface area contributed by atoms with Gasteiger partial charge in [-0.05, 0) is 49.2 Å². The second-order valence-electron chi connectivity index (χ2n) is 6.54. The number of ether oxygens (including phenoxy) is 1. The highest BCUT2D eigenvalue weighted by Crippen LogP contribution is 2.40. The molecule has 1 heterocycles. The molecule has 2 aromatic carbocycles. The highest BCUT2D eigenvalue weighted by Gasteiger charge is 2.17. The van der Waals surface area contributed by atoms with Crippen LogP contribution in [-0.2, 0) is 11.3 Å². The number of aromatic nitrogens is 1. The minimum Gasteiger partial charge on any atom is -0.493 e. The number of aromatic hydroxyl groups is 1. The molecular formula is C21H22BrN3O3. The summed E-state index contributed by atoms with van der Waals surface area (Å²) in [5.74, 6) is 0.0922. The SMILES string of the molecule is CCCCn1c(O)c(N=NC(=O)COc2cccc(C)c2)c2cc(Br)ccc21. The molecule has 0 saturated heterocycles. The fourth-order valence-electron chi connectivity index (χ4n) is 2.92. The number of nitrogens with zero attached hydrogens (tertiary/aromatic N) is 3. The van der Waals surface area contributed by atoms with Gasteiger partial charge in [0.05, 0.1) is 5.52 Å². The predicted molar refractivity (Wildman–Crippen MR) is 112 cm³/mol. The van der Waals surface area contributed by atoms with Crippen molar-refractivity contribution in [2.45, 2.75) is 33.2 Å². The molecule has 0 aliphatic rings. The van der Waals surface area contributed by atoms with Crippen LogP contribution in [0, 0.1) is 6.92 Å². The molecular weight excluding hydrogens is 422 g/mol. The van der Waals surface area contributed by atoms with Crippen molar-refractivity contribution >= 4 is 38.4 Å². The molecule has 0 atom stereocenters. The van der Waals surface area contributed by atoms with E-state index in [1.807, 2.05) is 43.3 Å². The molecule has 3 aromatic rings. The summed E-state index contributed by atoms with van der Waals surface area (Å²) in [7, 11) is 0. The molecule has 0 unspecified atom stereocenters. The van der Waals surface area contributed by atoms with Gasteiger partial charge in [-0.1, -0.05) is 41.4 Å². The molecule has 0 saturated carbocycles. The number of unbranched alkanes of at least 4 members (excludes halogenated alkanes) is 1. The van der Waals surface area contributed by atoms with Crippen molar-refractivity contribution < 1.29 is 14.6 Å². The first kappa shape index (κ1) is 20.1. The van der Waals surface area contributed by atoms with E-state index in [0.717, 1.165) is 33.8 Å². The first-order chi connectivity index (χ1) is 13.5. The van der Waals surface area contributed by atoms with Crippen molar-refractivity contribution in [3.05, 3.63) is 52.5 Å². The number of halogens is 1. The van der Waals surface area contributed by atoms with Gasteiger partial charge in [-0.15, -0.1) is 10.2 Å². The summed E-state index contributed by atoms with van der Waals surface area (Å²) in [4.78, 5) is 12.1. The fourth-order valence-corrected chi connectivity index (χ4v) is 3.28. The van der Waals surface area contributed by atoms with Gasteiger partial charge < -0.3 is 14.4 Å². The van der Waals surface area contributed by atoms with Crippen LogP contribution in [-0.4, -0.2) is 22.2 Å². The Hall–Kier alpha value is -2.67. The smallest absolute Gasteiger partial charge is 0.302 e. The third-order valence-corrected chi connectivity index (χ3v) is 4.81. The van der Waals surface area contributed by atoms with Crippen molar-refractivity contribution in [1.29, 1.82) is 0 Å². The van der Waals surface area contributed by atoms with Crippen LogP contribution >= 0.6 is 15.9 Å². The van der Waals surface area contributed by atoms with E-state index in [-0.39, 0.29) is 18.2 Å². The standard InChI is InChI=1S/C21H22BrN3O3/c1-3-4-10-25-18-9-8-15(22)12-17(18)20(21(25)27)24-23-19(26)13-28-16-7-5-6-14(2)11-16/h5-9,11-12,27H,3-4,10,13H2,1-2H3. The molecule has 0 bridgehead atoms. The molecule has 146 valence electrons. The van der Waals surface area contributed by atoms with E-state index < -0.39 is 5.91 Å². The lowest BCUT2D eigenvalue weighted by molar-refractivity contribution is -0.120. The van der Waals surface area contributed by atoms with Crippen LogP contribution < -0.4 is 4.74 Å². The zero-order valence-corrected chi connectivity index (χ0v) is 17.4. The van der Waals surface area contributed by atoms with E-state index in [1.165, 1.54) is 0 Å². The summed E-state index contributed by atoms with van der Waals surface area (Å²) in [6, 6.07) is 13.1. The van der Waals surface area contributed by atoms with Crippen molar-refractivity contribution in [3.63, 3.8) is 0 Å². The summed E-state index contributed by atoms with van der Waals surface area (Å²) in [5, 5.41) is 19.1. The van der Waals surface area contributed by atoms with E-state index in [0.29, 0.717) is 12.3 Å². The average Bonchev–Trinajstić information content (AvgIpc) is 2.93. The van der Waals surface area contributed by atoms with Crippen LogP contribution in [0.2, 0.25) is 0 Å². The highest BCUT2D eigenvalue weighted by molar-refractivity contribution is 9.10. The third-order valence-electron chi connectivity index (χ3n) is 4.32. The molecule has 0 fully saturated rings. The van der Waals surface area contributed by atoms with Crippen molar-refractivity contribution in [2.75, 3.05) is 6.61 Å². The minimum absolute atomic E-state index is 0.0118. The minimum atomic E-state index is -0.523. The van der Waals surface area contributed by atoms with Crippen LogP contribution in [0.5, 0.6) is 11.6 Å². The van der Waals surface area contributed by atoms with Crippen LogP contribution in [0.15, 0.2) is 57.2 Å². The quantitative estimate of drug-likeness (QED) is 0.461. The van der Waals surface area contributed by atoms with Crippen LogP contribution in [0.1, 0.15) is 25.3 Å². The van der Waals surface area contributed by atoms with Crippen molar-refractivity contribution in [3.8, 4) is 11.6 Å². The number of fused-ring (bicyclic) bond motifs is 1. The Morgan fingerprint density at radius 1 is 1.25 bits per heavy atom. The van der Waals surface area contributed by atoms with Gasteiger partial charge in [0.25, 0.3) is 0 Å². The molecule has 1 N–H and O–H groups in total. The van der Waals surface area contributed by atoms with E-state index in [1.54, 1.807) is 10.6 Å². The number of amides is 1.